The van der Waals surface area contributed by atoms with Crippen molar-refractivity contribution in [3.05, 3.63) is 24.5 Å². The molecule has 0 aromatic carbocycles. The SMILES string of the molecule is Nc1ccc(-c2nc(N3CCOCC3)nc3c2cnn3CC(=O)N2CCOCC2)cn1. The summed E-state index contributed by atoms with van der Waals surface area (Å²) in [6.07, 6.45) is 3.40. The lowest BCUT2D eigenvalue weighted by Gasteiger charge is -2.27. The molecule has 11 nitrogen and oxygen atoms in total. The summed E-state index contributed by atoms with van der Waals surface area (Å²) in [5, 5.41) is 5.23. The Labute approximate surface area is 178 Å². The standard InChI is InChI=1S/C20H24N8O3/c21-16-2-1-14(11-22-16)18-15-12-23-28(13-17(29)26-3-7-30-8-4-26)19(15)25-20(24-18)27-5-9-31-10-6-27/h1-2,11-12H,3-10,13H2,(H2,21,22). The fourth-order valence-corrected chi connectivity index (χ4v) is 3.77. The predicted molar refractivity (Wildman–Crippen MR) is 113 cm³/mol. The topological polar surface area (TPSA) is 125 Å². The zero-order chi connectivity index (χ0) is 21.2. The summed E-state index contributed by atoms with van der Waals surface area (Å²) in [7, 11) is 0. The highest BCUT2D eigenvalue weighted by Crippen LogP contribution is 2.28. The van der Waals surface area contributed by atoms with Crippen LogP contribution in [0.1, 0.15) is 0 Å². The Hall–Kier alpha value is -3.31. The van der Waals surface area contributed by atoms with E-state index in [0.717, 1.165) is 10.9 Å². The number of hydrogen-bond donors (Lipinski definition) is 1. The second-order valence-electron chi connectivity index (χ2n) is 7.48. The van der Waals surface area contributed by atoms with Crippen molar-refractivity contribution in [2.45, 2.75) is 6.54 Å². The number of nitrogens with two attached hydrogens (primary N) is 1. The van der Waals surface area contributed by atoms with Gasteiger partial charge in [-0.05, 0) is 12.1 Å². The van der Waals surface area contributed by atoms with E-state index in [-0.39, 0.29) is 12.5 Å². The van der Waals surface area contributed by atoms with Crippen LogP contribution in [0.15, 0.2) is 24.5 Å². The maximum Gasteiger partial charge on any atom is 0.244 e. The first-order valence-corrected chi connectivity index (χ1v) is 10.3. The fraction of sp³-hybridized carbons (Fsp3) is 0.450. The van der Waals surface area contributed by atoms with Crippen molar-refractivity contribution in [2.24, 2.45) is 0 Å². The molecule has 31 heavy (non-hydrogen) atoms. The van der Waals surface area contributed by atoms with E-state index in [2.05, 4.69) is 15.0 Å². The first kappa shape index (κ1) is 19.6. The summed E-state index contributed by atoms with van der Waals surface area (Å²) in [4.78, 5) is 30.5. The van der Waals surface area contributed by atoms with Gasteiger partial charge in [-0.3, -0.25) is 4.79 Å². The highest BCUT2D eigenvalue weighted by Gasteiger charge is 2.22. The number of ether oxygens (including phenoxy) is 2. The molecule has 2 saturated heterocycles. The van der Waals surface area contributed by atoms with Crippen LogP contribution in [0, 0.1) is 0 Å². The van der Waals surface area contributed by atoms with Crippen LogP contribution >= 0.6 is 0 Å². The van der Waals surface area contributed by atoms with Gasteiger partial charge in [0.2, 0.25) is 11.9 Å². The molecule has 0 bridgehead atoms. The van der Waals surface area contributed by atoms with E-state index in [4.69, 9.17) is 25.2 Å². The van der Waals surface area contributed by atoms with E-state index < -0.39 is 0 Å². The molecule has 162 valence electrons. The maximum atomic E-state index is 12.8. The molecule has 0 radical (unpaired) electrons. The Bertz CT molecular complexity index is 1070. The number of fused-ring (bicyclic) bond motifs is 1. The quantitative estimate of drug-likeness (QED) is 0.624. The highest BCUT2D eigenvalue weighted by molar-refractivity contribution is 5.91. The molecular weight excluding hydrogens is 400 g/mol. The number of morpholine rings is 2. The number of aromatic nitrogens is 5. The Morgan fingerprint density at radius 2 is 1.74 bits per heavy atom. The smallest absolute Gasteiger partial charge is 0.244 e. The molecule has 0 spiro atoms. The molecule has 0 atom stereocenters. The number of nitrogen functional groups attached to an aromatic ring is 1. The zero-order valence-corrected chi connectivity index (χ0v) is 17.1. The first-order chi connectivity index (χ1) is 15.2. The second-order valence-corrected chi connectivity index (χ2v) is 7.48. The molecule has 2 N–H and O–H groups in total. The van der Waals surface area contributed by atoms with Gasteiger partial charge >= 0.3 is 0 Å². The molecule has 0 unspecified atom stereocenters. The number of rotatable bonds is 4. The van der Waals surface area contributed by atoms with Crippen molar-refractivity contribution in [1.29, 1.82) is 0 Å². The minimum atomic E-state index is -0.00413. The fourth-order valence-electron chi connectivity index (χ4n) is 3.77. The normalized spacial score (nSPS) is 17.3. The van der Waals surface area contributed by atoms with Gasteiger partial charge in [-0.25, -0.2) is 14.6 Å². The van der Waals surface area contributed by atoms with Crippen LogP contribution in [-0.4, -0.2) is 88.1 Å². The van der Waals surface area contributed by atoms with Crippen LogP contribution in [0.25, 0.3) is 22.3 Å². The third-order valence-corrected chi connectivity index (χ3v) is 5.49. The molecule has 1 amide bonds. The van der Waals surface area contributed by atoms with Gasteiger partial charge in [0.25, 0.3) is 0 Å². The predicted octanol–water partition coefficient (Wildman–Crippen LogP) is 0.166. The summed E-state index contributed by atoms with van der Waals surface area (Å²) in [6, 6.07) is 3.62. The number of nitrogens with zero attached hydrogens (tertiary/aromatic N) is 7. The number of pyridine rings is 1. The minimum Gasteiger partial charge on any atom is -0.384 e. The Kier molecular flexibility index (Phi) is 5.35. The van der Waals surface area contributed by atoms with Gasteiger partial charge in [0.05, 0.1) is 43.7 Å². The van der Waals surface area contributed by atoms with Crippen molar-refractivity contribution in [1.82, 2.24) is 29.6 Å². The lowest BCUT2D eigenvalue weighted by Crippen LogP contribution is -2.42. The van der Waals surface area contributed by atoms with E-state index in [1.807, 2.05) is 6.07 Å². The summed E-state index contributed by atoms with van der Waals surface area (Å²) in [5.74, 6) is 1.02. The minimum absolute atomic E-state index is 0.00413. The average molecular weight is 424 g/mol. The largest absolute Gasteiger partial charge is 0.384 e. The number of carbonyl (C=O) groups is 1. The van der Waals surface area contributed by atoms with E-state index in [9.17, 15) is 4.79 Å². The van der Waals surface area contributed by atoms with E-state index in [1.165, 1.54) is 0 Å². The summed E-state index contributed by atoms with van der Waals surface area (Å²) in [5.41, 5.74) is 7.90. The second kappa shape index (κ2) is 8.44. The lowest BCUT2D eigenvalue weighted by atomic mass is 10.1. The van der Waals surface area contributed by atoms with Crippen LogP contribution in [0.4, 0.5) is 11.8 Å². The third-order valence-electron chi connectivity index (χ3n) is 5.49. The van der Waals surface area contributed by atoms with E-state index >= 15 is 0 Å². The molecule has 5 rings (SSSR count). The molecule has 0 saturated carbocycles. The Morgan fingerprint density at radius 1 is 1.00 bits per heavy atom. The molecule has 2 aliphatic rings. The van der Waals surface area contributed by atoms with Gasteiger partial charge < -0.3 is 25.0 Å². The number of carbonyl (C=O) groups excluding carboxylic acids is 1. The molecule has 5 heterocycles. The summed E-state index contributed by atoms with van der Waals surface area (Å²) >= 11 is 0. The van der Waals surface area contributed by atoms with Gasteiger partial charge in [-0.1, -0.05) is 0 Å². The molecule has 2 fully saturated rings. The van der Waals surface area contributed by atoms with Crippen LogP contribution in [0.5, 0.6) is 0 Å². The van der Waals surface area contributed by atoms with Gasteiger partial charge in [0, 0.05) is 37.9 Å². The van der Waals surface area contributed by atoms with Crippen molar-refractivity contribution in [3.63, 3.8) is 0 Å². The molecule has 11 heteroatoms. The van der Waals surface area contributed by atoms with Crippen molar-refractivity contribution < 1.29 is 14.3 Å². The van der Waals surface area contributed by atoms with Crippen LogP contribution in [-0.2, 0) is 20.8 Å². The van der Waals surface area contributed by atoms with E-state index in [0.29, 0.717) is 75.7 Å². The van der Waals surface area contributed by atoms with Crippen LogP contribution < -0.4 is 10.6 Å². The highest BCUT2D eigenvalue weighted by atomic mass is 16.5. The number of amides is 1. The molecular formula is C20H24N8O3. The summed E-state index contributed by atoms with van der Waals surface area (Å²) < 4.78 is 12.5. The van der Waals surface area contributed by atoms with Gasteiger partial charge in [-0.2, -0.15) is 10.1 Å². The van der Waals surface area contributed by atoms with Crippen LogP contribution in [0.2, 0.25) is 0 Å². The Balaban J connectivity index is 1.55. The third kappa shape index (κ3) is 4.01. The first-order valence-electron chi connectivity index (χ1n) is 10.3. The van der Waals surface area contributed by atoms with Gasteiger partial charge in [-0.15, -0.1) is 0 Å². The van der Waals surface area contributed by atoms with Gasteiger partial charge in [0.15, 0.2) is 5.65 Å². The van der Waals surface area contributed by atoms with Crippen molar-refractivity contribution >= 4 is 28.7 Å². The molecule has 3 aromatic rings. The number of anilines is 2. The van der Waals surface area contributed by atoms with Gasteiger partial charge in [0.1, 0.15) is 12.4 Å². The van der Waals surface area contributed by atoms with Crippen LogP contribution in [0.3, 0.4) is 0 Å². The van der Waals surface area contributed by atoms with E-state index in [1.54, 1.807) is 28.0 Å². The van der Waals surface area contributed by atoms with Crippen molar-refractivity contribution in [3.8, 4) is 11.3 Å². The number of hydrogen-bond acceptors (Lipinski definition) is 9. The molecule has 0 aliphatic carbocycles. The molecule has 2 aliphatic heterocycles. The zero-order valence-electron chi connectivity index (χ0n) is 17.1. The monoisotopic (exact) mass is 424 g/mol. The average Bonchev–Trinajstić information content (AvgIpc) is 3.23. The maximum absolute atomic E-state index is 12.8. The van der Waals surface area contributed by atoms with Crippen molar-refractivity contribution in [2.75, 3.05) is 63.2 Å². The summed E-state index contributed by atoms with van der Waals surface area (Å²) in [6.45, 7) is 5.05. The lowest BCUT2D eigenvalue weighted by molar-refractivity contribution is -0.136. The Morgan fingerprint density at radius 3 is 2.45 bits per heavy atom. The molecule has 3 aromatic heterocycles.